The summed E-state index contributed by atoms with van der Waals surface area (Å²) in [7, 11) is 0. The van der Waals surface area contributed by atoms with Gasteiger partial charge in [-0.05, 0) is 24.7 Å². The third kappa shape index (κ3) is 3.84. The van der Waals surface area contributed by atoms with Crippen molar-refractivity contribution in [2.24, 2.45) is 5.41 Å². The van der Waals surface area contributed by atoms with Crippen LogP contribution >= 0.6 is 12.4 Å². The van der Waals surface area contributed by atoms with E-state index in [1.807, 2.05) is 0 Å². The van der Waals surface area contributed by atoms with E-state index in [-0.39, 0.29) is 24.4 Å². The number of hydrogen-bond donors (Lipinski definition) is 2. The second-order valence-electron chi connectivity index (χ2n) is 5.36. The first kappa shape index (κ1) is 15.7. The predicted octanol–water partition coefficient (Wildman–Crippen LogP) is 1.48. The molecule has 106 valence electrons. The molecule has 4 nitrogen and oxygen atoms in total. The summed E-state index contributed by atoms with van der Waals surface area (Å²) >= 11 is 0. The highest BCUT2D eigenvalue weighted by Crippen LogP contribution is 2.40. The highest BCUT2D eigenvalue weighted by Gasteiger charge is 2.33. The number of halogens is 1. The minimum absolute atomic E-state index is 0. The molecule has 5 heteroatoms. The monoisotopic (exact) mass is 276 g/mol. The normalized spacial score (nSPS) is 26.4. The maximum Gasteiger partial charge on any atom is 0.239 e. The Morgan fingerprint density at radius 3 is 2.72 bits per heavy atom. The minimum atomic E-state index is -0.154. The number of amides is 1. The molecule has 1 unspecified atom stereocenters. The van der Waals surface area contributed by atoms with Gasteiger partial charge in [-0.2, -0.15) is 0 Å². The van der Waals surface area contributed by atoms with Crippen LogP contribution in [0.25, 0.3) is 0 Å². The van der Waals surface area contributed by atoms with Crippen LogP contribution in [-0.4, -0.2) is 38.3 Å². The van der Waals surface area contributed by atoms with Crippen molar-refractivity contribution in [2.45, 2.75) is 45.1 Å². The zero-order chi connectivity index (χ0) is 12.1. The van der Waals surface area contributed by atoms with Gasteiger partial charge in [-0.25, -0.2) is 0 Å². The zero-order valence-corrected chi connectivity index (χ0v) is 12.0. The Morgan fingerprint density at radius 2 is 2.17 bits per heavy atom. The topological polar surface area (TPSA) is 50.4 Å². The number of hydrogen-bond acceptors (Lipinski definition) is 3. The molecular weight excluding hydrogens is 252 g/mol. The fourth-order valence-corrected chi connectivity index (χ4v) is 2.91. The lowest BCUT2D eigenvalue weighted by Crippen LogP contribution is -2.52. The van der Waals surface area contributed by atoms with Crippen molar-refractivity contribution in [3.05, 3.63) is 0 Å². The SMILES string of the molecule is CCC1(CNC(=O)C2COCCN2)CCCC1.Cl. The van der Waals surface area contributed by atoms with Gasteiger partial charge in [0.05, 0.1) is 13.2 Å². The molecule has 1 heterocycles. The van der Waals surface area contributed by atoms with Crippen LogP contribution in [-0.2, 0) is 9.53 Å². The molecule has 0 aromatic carbocycles. The van der Waals surface area contributed by atoms with Crippen molar-refractivity contribution < 1.29 is 9.53 Å². The Balaban J connectivity index is 0.00000162. The van der Waals surface area contributed by atoms with E-state index in [1.54, 1.807) is 0 Å². The number of carbonyl (C=O) groups is 1. The van der Waals surface area contributed by atoms with Gasteiger partial charge in [0.15, 0.2) is 0 Å². The molecule has 1 amide bonds. The maximum atomic E-state index is 12.0. The molecule has 1 saturated carbocycles. The molecule has 0 aromatic rings. The summed E-state index contributed by atoms with van der Waals surface area (Å²) in [6.45, 7) is 5.06. The van der Waals surface area contributed by atoms with Crippen LogP contribution in [0.5, 0.6) is 0 Å². The van der Waals surface area contributed by atoms with E-state index < -0.39 is 0 Å². The molecule has 0 aromatic heterocycles. The summed E-state index contributed by atoms with van der Waals surface area (Å²) in [4.78, 5) is 12.0. The molecule has 1 aliphatic carbocycles. The van der Waals surface area contributed by atoms with Gasteiger partial charge in [-0.3, -0.25) is 4.79 Å². The lowest BCUT2D eigenvalue weighted by molar-refractivity contribution is -0.126. The van der Waals surface area contributed by atoms with Crippen molar-refractivity contribution in [1.82, 2.24) is 10.6 Å². The van der Waals surface area contributed by atoms with E-state index in [2.05, 4.69) is 17.6 Å². The summed E-state index contributed by atoms with van der Waals surface area (Å²) in [6.07, 6.45) is 6.32. The van der Waals surface area contributed by atoms with E-state index in [0.29, 0.717) is 18.6 Å². The van der Waals surface area contributed by atoms with Crippen molar-refractivity contribution in [1.29, 1.82) is 0 Å². The number of rotatable bonds is 4. The Kier molecular flexibility index (Phi) is 6.39. The maximum absolute atomic E-state index is 12.0. The van der Waals surface area contributed by atoms with Crippen molar-refractivity contribution in [3.8, 4) is 0 Å². The average Bonchev–Trinajstić information content (AvgIpc) is 2.86. The molecule has 2 N–H and O–H groups in total. The average molecular weight is 277 g/mol. The van der Waals surface area contributed by atoms with Crippen LogP contribution in [0.2, 0.25) is 0 Å². The predicted molar refractivity (Wildman–Crippen MR) is 74.1 cm³/mol. The molecule has 2 fully saturated rings. The van der Waals surface area contributed by atoms with Crippen LogP contribution in [0, 0.1) is 5.41 Å². The summed E-state index contributed by atoms with van der Waals surface area (Å²) in [5.74, 6) is 0.101. The van der Waals surface area contributed by atoms with Crippen LogP contribution in [0.4, 0.5) is 0 Å². The third-order valence-electron chi connectivity index (χ3n) is 4.29. The molecule has 2 aliphatic rings. The van der Waals surface area contributed by atoms with E-state index >= 15 is 0 Å². The number of morpholine rings is 1. The number of carbonyl (C=O) groups excluding carboxylic acids is 1. The van der Waals surface area contributed by atoms with Crippen LogP contribution in [0.3, 0.4) is 0 Å². The van der Waals surface area contributed by atoms with Crippen molar-refractivity contribution >= 4 is 18.3 Å². The fourth-order valence-electron chi connectivity index (χ4n) is 2.91. The Morgan fingerprint density at radius 1 is 1.44 bits per heavy atom. The lowest BCUT2D eigenvalue weighted by atomic mass is 9.83. The van der Waals surface area contributed by atoms with Gasteiger partial charge in [0.2, 0.25) is 5.91 Å². The largest absolute Gasteiger partial charge is 0.378 e. The second-order valence-corrected chi connectivity index (χ2v) is 5.36. The van der Waals surface area contributed by atoms with Crippen molar-refractivity contribution in [3.63, 3.8) is 0 Å². The summed E-state index contributed by atoms with van der Waals surface area (Å²) in [5, 5.41) is 6.29. The molecule has 0 radical (unpaired) electrons. The minimum Gasteiger partial charge on any atom is -0.378 e. The fraction of sp³-hybridized carbons (Fsp3) is 0.923. The quantitative estimate of drug-likeness (QED) is 0.818. The molecule has 1 atom stereocenters. The van der Waals surface area contributed by atoms with E-state index in [0.717, 1.165) is 13.1 Å². The van der Waals surface area contributed by atoms with Gasteiger partial charge < -0.3 is 15.4 Å². The first-order valence-electron chi connectivity index (χ1n) is 6.85. The van der Waals surface area contributed by atoms with E-state index in [4.69, 9.17) is 4.74 Å². The molecular formula is C13H25ClN2O2. The number of nitrogens with one attached hydrogen (secondary N) is 2. The van der Waals surface area contributed by atoms with Gasteiger partial charge in [0.25, 0.3) is 0 Å². The van der Waals surface area contributed by atoms with Crippen molar-refractivity contribution in [2.75, 3.05) is 26.3 Å². The molecule has 0 spiro atoms. The standard InChI is InChI=1S/C13H24N2O2.ClH/c1-2-13(5-3-4-6-13)10-15-12(16)11-9-17-8-7-14-11;/h11,14H,2-10H2,1H3,(H,15,16);1H. The van der Waals surface area contributed by atoms with Gasteiger partial charge >= 0.3 is 0 Å². The Hall–Kier alpha value is -0.320. The highest BCUT2D eigenvalue weighted by atomic mass is 35.5. The van der Waals surface area contributed by atoms with Gasteiger partial charge in [-0.15, -0.1) is 12.4 Å². The highest BCUT2D eigenvalue weighted by molar-refractivity contribution is 5.85. The van der Waals surface area contributed by atoms with Crippen LogP contribution < -0.4 is 10.6 Å². The smallest absolute Gasteiger partial charge is 0.239 e. The van der Waals surface area contributed by atoms with Crippen LogP contribution in [0.15, 0.2) is 0 Å². The molecule has 1 saturated heterocycles. The zero-order valence-electron chi connectivity index (χ0n) is 11.2. The lowest BCUT2D eigenvalue weighted by Gasteiger charge is -2.29. The summed E-state index contributed by atoms with van der Waals surface area (Å²) in [6, 6.07) is -0.154. The molecule has 18 heavy (non-hydrogen) atoms. The Bertz CT molecular complexity index is 262. The summed E-state index contributed by atoms with van der Waals surface area (Å²) in [5.41, 5.74) is 0.366. The van der Waals surface area contributed by atoms with Gasteiger partial charge in [0, 0.05) is 13.1 Å². The van der Waals surface area contributed by atoms with E-state index in [1.165, 1.54) is 32.1 Å². The number of ether oxygens (including phenoxy) is 1. The molecule has 1 aliphatic heterocycles. The molecule has 2 rings (SSSR count). The van der Waals surface area contributed by atoms with Crippen LogP contribution in [0.1, 0.15) is 39.0 Å². The van der Waals surface area contributed by atoms with Gasteiger partial charge in [0.1, 0.15) is 6.04 Å². The van der Waals surface area contributed by atoms with Gasteiger partial charge in [-0.1, -0.05) is 19.8 Å². The second kappa shape index (κ2) is 7.31. The summed E-state index contributed by atoms with van der Waals surface area (Å²) < 4.78 is 5.30. The Labute approximate surface area is 116 Å². The third-order valence-corrected chi connectivity index (χ3v) is 4.29. The first-order valence-corrected chi connectivity index (χ1v) is 6.85. The van der Waals surface area contributed by atoms with E-state index in [9.17, 15) is 4.79 Å². The molecule has 0 bridgehead atoms. The first-order chi connectivity index (χ1) is 8.26.